The predicted molar refractivity (Wildman–Crippen MR) is 64.7 cm³/mol. The molecule has 0 spiro atoms. The Morgan fingerprint density at radius 1 is 1.59 bits per heavy atom. The summed E-state index contributed by atoms with van der Waals surface area (Å²) in [5.74, 6) is -2.14. The zero-order valence-corrected chi connectivity index (χ0v) is 10.2. The van der Waals surface area contributed by atoms with Crippen LogP contribution in [0.25, 0.3) is 0 Å². The average molecular weight is 260 g/mol. The summed E-state index contributed by atoms with van der Waals surface area (Å²) < 4.78 is 13.8. The van der Waals surface area contributed by atoms with Crippen molar-refractivity contribution in [3.05, 3.63) is 34.6 Å². The molecule has 2 unspecified atom stereocenters. The maximum atomic E-state index is 13.8. The molecular formula is C12H15ClFNO2. The lowest BCUT2D eigenvalue weighted by Gasteiger charge is -2.22. The average Bonchev–Trinajstić information content (AvgIpc) is 2.29. The first-order valence-electron chi connectivity index (χ1n) is 5.38. The minimum atomic E-state index is -1.00. The topological polar surface area (TPSA) is 63.3 Å². The van der Waals surface area contributed by atoms with Crippen molar-refractivity contribution in [1.82, 2.24) is 0 Å². The maximum Gasteiger partial charge on any atom is 0.304 e. The van der Waals surface area contributed by atoms with Crippen LogP contribution in [-0.4, -0.2) is 17.1 Å². The van der Waals surface area contributed by atoms with Crippen molar-refractivity contribution in [2.75, 3.05) is 0 Å². The molecule has 3 nitrogen and oxygen atoms in total. The molecule has 0 fully saturated rings. The van der Waals surface area contributed by atoms with E-state index in [1.165, 1.54) is 12.1 Å². The molecule has 0 radical (unpaired) electrons. The first-order valence-corrected chi connectivity index (χ1v) is 5.76. The van der Waals surface area contributed by atoms with E-state index < -0.39 is 23.7 Å². The number of aliphatic carboxylic acids is 1. The lowest BCUT2D eigenvalue weighted by atomic mass is 9.87. The molecule has 94 valence electrons. The molecule has 0 aromatic heterocycles. The van der Waals surface area contributed by atoms with E-state index in [1.54, 1.807) is 6.07 Å². The lowest BCUT2D eigenvalue weighted by molar-refractivity contribution is -0.137. The second-order valence-corrected chi connectivity index (χ2v) is 4.33. The number of carbonyl (C=O) groups is 1. The van der Waals surface area contributed by atoms with Crippen LogP contribution in [0.15, 0.2) is 18.2 Å². The summed E-state index contributed by atoms with van der Waals surface area (Å²) in [7, 11) is 0. The summed E-state index contributed by atoms with van der Waals surface area (Å²) in [5, 5.41) is 8.83. The molecule has 1 aromatic carbocycles. The van der Waals surface area contributed by atoms with E-state index in [0.29, 0.717) is 6.42 Å². The molecular weight excluding hydrogens is 245 g/mol. The lowest BCUT2D eigenvalue weighted by Crippen LogP contribution is -2.30. The van der Waals surface area contributed by atoms with Gasteiger partial charge >= 0.3 is 5.97 Å². The zero-order chi connectivity index (χ0) is 13.0. The van der Waals surface area contributed by atoms with Gasteiger partial charge in [-0.2, -0.15) is 0 Å². The first-order chi connectivity index (χ1) is 7.97. The van der Waals surface area contributed by atoms with Gasteiger partial charge in [-0.1, -0.05) is 30.7 Å². The Hall–Kier alpha value is -1.13. The van der Waals surface area contributed by atoms with Crippen LogP contribution < -0.4 is 5.73 Å². The highest BCUT2D eigenvalue weighted by Crippen LogP contribution is 2.29. The summed E-state index contributed by atoms with van der Waals surface area (Å²) in [6, 6.07) is 4.15. The van der Waals surface area contributed by atoms with Gasteiger partial charge in [-0.25, -0.2) is 4.39 Å². The van der Waals surface area contributed by atoms with Crippen LogP contribution in [0.2, 0.25) is 5.02 Å². The molecule has 0 amide bonds. The summed E-state index contributed by atoms with van der Waals surface area (Å²) in [5.41, 5.74) is 6.12. The van der Waals surface area contributed by atoms with Crippen LogP contribution in [0.5, 0.6) is 0 Å². The molecule has 2 atom stereocenters. The van der Waals surface area contributed by atoms with Gasteiger partial charge in [-0.05, 0) is 18.1 Å². The molecule has 0 bridgehead atoms. The van der Waals surface area contributed by atoms with E-state index in [9.17, 15) is 9.18 Å². The molecule has 1 aromatic rings. The number of hydrogen-bond acceptors (Lipinski definition) is 2. The van der Waals surface area contributed by atoms with Crippen molar-refractivity contribution in [3.63, 3.8) is 0 Å². The molecule has 0 saturated heterocycles. The third-order valence-corrected chi connectivity index (χ3v) is 3.06. The molecule has 0 saturated carbocycles. The number of nitrogens with two attached hydrogens (primary N) is 1. The number of carboxylic acids is 1. The second kappa shape index (κ2) is 5.98. The number of halogens is 2. The smallest absolute Gasteiger partial charge is 0.304 e. The van der Waals surface area contributed by atoms with Gasteiger partial charge in [0.1, 0.15) is 5.82 Å². The largest absolute Gasteiger partial charge is 0.481 e. The van der Waals surface area contributed by atoms with E-state index in [1.807, 2.05) is 6.92 Å². The van der Waals surface area contributed by atoms with Gasteiger partial charge < -0.3 is 10.8 Å². The maximum absolute atomic E-state index is 13.8. The van der Waals surface area contributed by atoms with Crippen molar-refractivity contribution in [2.24, 2.45) is 5.73 Å². The van der Waals surface area contributed by atoms with Crippen LogP contribution in [0.4, 0.5) is 4.39 Å². The van der Waals surface area contributed by atoms with Crippen LogP contribution in [0, 0.1) is 5.82 Å². The quantitative estimate of drug-likeness (QED) is 0.855. The Kier molecular flexibility index (Phi) is 4.90. The minimum Gasteiger partial charge on any atom is -0.481 e. The number of hydrogen-bond donors (Lipinski definition) is 2. The van der Waals surface area contributed by atoms with Gasteiger partial charge in [-0.3, -0.25) is 4.79 Å². The highest BCUT2D eigenvalue weighted by atomic mass is 35.5. The highest BCUT2D eigenvalue weighted by molar-refractivity contribution is 6.30. The van der Waals surface area contributed by atoms with Gasteiger partial charge in [0.2, 0.25) is 0 Å². The summed E-state index contributed by atoms with van der Waals surface area (Å²) in [6.45, 7) is 1.84. The molecule has 0 heterocycles. The SMILES string of the molecule is CCC(N)C(CC(=O)O)c1cccc(Cl)c1F. The number of benzene rings is 1. The van der Waals surface area contributed by atoms with Crippen LogP contribution in [0.3, 0.4) is 0 Å². The van der Waals surface area contributed by atoms with Crippen molar-refractivity contribution < 1.29 is 14.3 Å². The standard InChI is InChI=1S/C12H15ClFNO2/c1-2-10(15)8(6-11(16)17)7-4-3-5-9(13)12(7)14/h3-5,8,10H,2,6,15H2,1H3,(H,16,17). The van der Waals surface area contributed by atoms with Crippen molar-refractivity contribution in [3.8, 4) is 0 Å². The van der Waals surface area contributed by atoms with Crippen LogP contribution in [0.1, 0.15) is 31.2 Å². The van der Waals surface area contributed by atoms with Crippen molar-refractivity contribution in [1.29, 1.82) is 0 Å². The molecule has 0 aliphatic rings. The van der Waals surface area contributed by atoms with Gasteiger partial charge in [0.15, 0.2) is 0 Å². The summed E-state index contributed by atoms with van der Waals surface area (Å²) in [6.07, 6.45) is 0.371. The number of rotatable bonds is 5. The third-order valence-electron chi connectivity index (χ3n) is 2.76. The Morgan fingerprint density at radius 3 is 2.76 bits per heavy atom. The molecule has 0 aliphatic carbocycles. The summed E-state index contributed by atoms with van der Waals surface area (Å²) in [4.78, 5) is 10.8. The second-order valence-electron chi connectivity index (χ2n) is 3.92. The van der Waals surface area contributed by atoms with E-state index >= 15 is 0 Å². The predicted octanol–water partition coefficient (Wildman–Crippen LogP) is 2.77. The monoisotopic (exact) mass is 259 g/mol. The first kappa shape index (κ1) is 13.9. The van der Waals surface area contributed by atoms with Crippen LogP contribution in [-0.2, 0) is 4.79 Å². The highest BCUT2D eigenvalue weighted by Gasteiger charge is 2.25. The van der Waals surface area contributed by atoms with Gasteiger partial charge in [0.05, 0.1) is 11.4 Å². The van der Waals surface area contributed by atoms with E-state index in [2.05, 4.69) is 0 Å². The Balaban J connectivity index is 3.12. The third kappa shape index (κ3) is 3.41. The van der Waals surface area contributed by atoms with Gasteiger partial charge in [0, 0.05) is 12.0 Å². The molecule has 3 N–H and O–H groups in total. The van der Waals surface area contributed by atoms with Crippen molar-refractivity contribution in [2.45, 2.75) is 31.7 Å². The zero-order valence-electron chi connectivity index (χ0n) is 9.49. The van der Waals surface area contributed by atoms with Gasteiger partial charge in [0.25, 0.3) is 0 Å². The normalized spacial score (nSPS) is 14.4. The van der Waals surface area contributed by atoms with Crippen molar-refractivity contribution >= 4 is 17.6 Å². The fraction of sp³-hybridized carbons (Fsp3) is 0.417. The molecule has 5 heteroatoms. The number of carboxylic acid groups (broad SMARTS) is 1. The van der Waals surface area contributed by atoms with E-state index in [-0.39, 0.29) is 17.0 Å². The summed E-state index contributed by atoms with van der Waals surface area (Å²) >= 11 is 5.68. The molecule has 0 aliphatic heterocycles. The van der Waals surface area contributed by atoms with E-state index in [0.717, 1.165) is 0 Å². The van der Waals surface area contributed by atoms with E-state index in [4.69, 9.17) is 22.4 Å². The fourth-order valence-corrected chi connectivity index (χ4v) is 1.95. The van der Waals surface area contributed by atoms with Gasteiger partial charge in [-0.15, -0.1) is 0 Å². The van der Waals surface area contributed by atoms with Crippen LogP contribution >= 0.6 is 11.6 Å². The molecule has 1 rings (SSSR count). The Labute approximate surface area is 104 Å². The Bertz CT molecular complexity index is 411. The fourth-order valence-electron chi connectivity index (χ4n) is 1.77. The Morgan fingerprint density at radius 2 is 2.24 bits per heavy atom. The minimum absolute atomic E-state index is 0.0128. The molecule has 17 heavy (non-hydrogen) atoms.